The molecule has 0 amide bonds. The van der Waals surface area contributed by atoms with E-state index < -0.39 is 0 Å². The van der Waals surface area contributed by atoms with E-state index in [-0.39, 0.29) is 6.10 Å². The zero-order valence-corrected chi connectivity index (χ0v) is 12.9. The van der Waals surface area contributed by atoms with Gasteiger partial charge in [-0.1, -0.05) is 41.9 Å². The van der Waals surface area contributed by atoms with Gasteiger partial charge in [0, 0.05) is 20.2 Å². The summed E-state index contributed by atoms with van der Waals surface area (Å²) < 4.78 is 5.79. The van der Waals surface area contributed by atoms with Crippen molar-refractivity contribution in [1.82, 2.24) is 9.97 Å². The Morgan fingerprint density at radius 3 is 2.67 bits per heavy atom. The molecule has 2 N–H and O–H groups in total. The average Bonchev–Trinajstić information content (AvgIpc) is 2.52. The van der Waals surface area contributed by atoms with E-state index in [0.29, 0.717) is 29.8 Å². The van der Waals surface area contributed by atoms with Gasteiger partial charge in [-0.15, -0.1) is 0 Å². The molecule has 0 aliphatic carbocycles. The Bertz CT molecular complexity index is 565. The third-order valence-electron chi connectivity index (χ3n) is 3.05. The summed E-state index contributed by atoms with van der Waals surface area (Å²) in [7, 11) is 1.78. The quantitative estimate of drug-likeness (QED) is 0.768. The van der Waals surface area contributed by atoms with Crippen LogP contribution in [0.4, 0.5) is 11.5 Å². The van der Waals surface area contributed by atoms with Crippen molar-refractivity contribution in [3.8, 4) is 0 Å². The molecule has 0 aliphatic rings. The van der Waals surface area contributed by atoms with Crippen LogP contribution in [-0.2, 0) is 4.74 Å². The molecule has 1 aromatic carbocycles. The summed E-state index contributed by atoms with van der Waals surface area (Å²) in [4.78, 5) is 8.16. The molecule has 112 valence electrons. The fourth-order valence-electron chi connectivity index (χ4n) is 2.05. The van der Waals surface area contributed by atoms with Gasteiger partial charge in [-0.25, -0.2) is 9.97 Å². The molecule has 0 radical (unpaired) electrons. The number of aromatic nitrogens is 2. The highest BCUT2D eigenvalue weighted by atomic mass is 35.5. The van der Waals surface area contributed by atoms with Crippen molar-refractivity contribution >= 4 is 23.1 Å². The Labute approximate surface area is 129 Å². The fourth-order valence-corrected chi connectivity index (χ4v) is 2.28. The highest BCUT2D eigenvalue weighted by molar-refractivity contribution is 6.32. The molecule has 21 heavy (non-hydrogen) atoms. The number of hydrogen-bond donors (Lipinski definition) is 2. The van der Waals surface area contributed by atoms with Crippen molar-refractivity contribution in [2.45, 2.75) is 13.0 Å². The Kier molecular flexibility index (Phi) is 5.78. The van der Waals surface area contributed by atoms with Gasteiger partial charge < -0.3 is 15.4 Å². The number of nitrogens with one attached hydrogen (secondary N) is 2. The number of rotatable bonds is 7. The predicted octanol–water partition coefficient (Wildman–Crippen LogP) is 3.36. The lowest BCUT2D eigenvalue weighted by Gasteiger charge is -2.19. The van der Waals surface area contributed by atoms with Gasteiger partial charge in [0.15, 0.2) is 11.0 Å². The van der Waals surface area contributed by atoms with Gasteiger partial charge in [-0.3, -0.25) is 0 Å². The topological polar surface area (TPSA) is 59.1 Å². The Morgan fingerprint density at radius 1 is 1.24 bits per heavy atom. The Balaban J connectivity index is 2.11. The summed E-state index contributed by atoms with van der Waals surface area (Å²) in [5, 5.41) is 6.66. The largest absolute Gasteiger partial charge is 0.383 e. The lowest BCUT2D eigenvalue weighted by molar-refractivity contribution is 0.0718. The molecule has 0 aliphatic heterocycles. The van der Waals surface area contributed by atoms with Crippen molar-refractivity contribution in [3.05, 3.63) is 47.4 Å². The third kappa shape index (κ3) is 4.06. The number of hydrogen-bond acceptors (Lipinski definition) is 5. The third-order valence-corrected chi connectivity index (χ3v) is 3.33. The van der Waals surface area contributed by atoms with Gasteiger partial charge in [0.2, 0.25) is 0 Å². The number of halogens is 1. The number of nitrogens with zero attached hydrogens (tertiary/aromatic N) is 2. The highest BCUT2D eigenvalue weighted by Gasteiger charge is 2.13. The zero-order valence-electron chi connectivity index (χ0n) is 12.1. The maximum Gasteiger partial charge on any atom is 0.157 e. The van der Waals surface area contributed by atoms with Crippen LogP contribution < -0.4 is 10.6 Å². The van der Waals surface area contributed by atoms with E-state index in [1.165, 1.54) is 6.33 Å². The number of anilines is 2. The molecule has 2 aromatic rings. The van der Waals surface area contributed by atoms with Crippen LogP contribution in [0.15, 0.2) is 36.7 Å². The molecular weight excluding hydrogens is 288 g/mol. The van der Waals surface area contributed by atoms with E-state index in [0.717, 1.165) is 5.56 Å². The zero-order chi connectivity index (χ0) is 15.1. The van der Waals surface area contributed by atoms with Gasteiger partial charge >= 0.3 is 0 Å². The van der Waals surface area contributed by atoms with Gasteiger partial charge in [-0.2, -0.15) is 0 Å². The summed E-state index contributed by atoms with van der Waals surface area (Å²) in [5.74, 6) is 0.665. The van der Waals surface area contributed by atoms with Gasteiger partial charge in [0.1, 0.15) is 12.0 Å². The summed E-state index contributed by atoms with van der Waals surface area (Å²) in [6, 6.07) is 10.1. The van der Waals surface area contributed by atoms with Crippen LogP contribution in [0.3, 0.4) is 0 Å². The molecule has 1 aromatic heterocycles. The lowest BCUT2D eigenvalue weighted by atomic mass is 10.1. The minimum atomic E-state index is -0.0466. The SMILES string of the molecule is CCOC(CNc1ncnc(Cl)c1NC)c1ccccc1. The maximum absolute atomic E-state index is 6.04. The molecular formula is C15H19ClN4O. The van der Waals surface area contributed by atoms with E-state index >= 15 is 0 Å². The first-order valence-corrected chi connectivity index (χ1v) is 7.22. The molecule has 1 heterocycles. The molecule has 0 saturated carbocycles. The van der Waals surface area contributed by atoms with E-state index in [4.69, 9.17) is 16.3 Å². The standard InChI is InChI=1S/C15H19ClN4O/c1-3-21-12(11-7-5-4-6-8-11)9-18-15-13(17-2)14(16)19-10-20-15/h4-8,10,12,17H,3,9H2,1-2H3,(H,18,19,20). The van der Waals surface area contributed by atoms with E-state index in [2.05, 4.69) is 20.6 Å². The molecule has 0 bridgehead atoms. The molecule has 0 saturated heterocycles. The fraction of sp³-hybridized carbons (Fsp3) is 0.333. The van der Waals surface area contributed by atoms with Crippen LogP contribution in [0.25, 0.3) is 0 Å². The minimum Gasteiger partial charge on any atom is -0.383 e. The molecule has 0 fully saturated rings. The van der Waals surface area contributed by atoms with Crippen LogP contribution in [0, 0.1) is 0 Å². The molecule has 0 spiro atoms. The highest BCUT2D eigenvalue weighted by Crippen LogP contribution is 2.26. The molecule has 1 unspecified atom stereocenters. The Hall–Kier alpha value is -1.85. The minimum absolute atomic E-state index is 0.0466. The van der Waals surface area contributed by atoms with E-state index in [9.17, 15) is 0 Å². The van der Waals surface area contributed by atoms with Gasteiger partial charge in [0.25, 0.3) is 0 Å². The van der Waals surface area contributed by atoms with E-state index in [1.54, 1.807) is 7.05 Å². The van der Waals surface area contributed by atoms with E-state index in [1.807, 2.05) is 37.3 Å². The maximum atomic E-state index is 6.04. The number of benzene rings is 1. The number of ether oxygens (including phenoxy) is 1. The lowest BCUT2D eigenvalue weighted by Crippen LogP contribution is -2.17. The first-order valence-electron chi connectivity index (χ1n) is 6.85. The average molecular weight is 307 g/mol. The van der Waals surface area contributed by atoms with Crippen LogP contribution in [0.2, 0.25) is 5.15 Å². The van der Waals surface area contributed by atoms with Crippen molar-refractivity contribution in [3.63, 3.8) is 0 Å². The van der Waals surface area contributed by atoms with Crippen LogP contribution >= 0.6 is 11.6 Å². The molecule has 2 rings (SSSR count). The summed E-state index contributed by atoms with van der Waals surface area (Å²) in [5.41, 5.74) is 1.81. The molecule has 5 nitrogen and oxygen atoms in total. The van der Waals surface area contributed by atoms with Gasteiger partial charge in [0.05, 0.1) is 6.10 Å². The van der Waals surface area contributed by atoms with Crippen molar-refractivity contribution in [1.29, 1.82) is 0 Å². The summed E-state index contributed by atoms with van der Waals surface area (Å²) in [6.45, 7) is 3.22. The molecule has 1 atom stereocenters. The van der Waals surface area contributed by atoms with Crippen molar-refractivity contribution < 1.29 is 4.74 Å². The normalized spacial score (nSPS) is 12.0. The van der Waals surface area contributed by atoms with Crippen LogP contribution in [0.1, 0.15) is 18.6 Å². The second kappa shape index (κ2) is 7.81. The smallest absolute Gasteiger partial charge is 0.157 e. The molecule has 6 heteroatoms. The second-order valence-electron chi connectivity index (χ2n) is 4.37. The van der Waals surface area contributed by atoms with Crippen molar-refractivity contribution in [2.75, 3.05) is 30.8 Å². The second-order valence-corrected chi connectivity index (χ2v) is 4.73. The Morgan fingerprint density at radius 2 is 2.00 bits per heavy atom. The van der Waals surface area contributed by atoms with Crippen LogP contribution in [-0.4, -0.2) is 30.2 Å². The summed E-state index contributed by atoms with van der Waals surface area (Å²) in [6.07, 6.45) is 1.39. The first kappa shape index (κ1) is 15.5. The predicted molar refractivity (Wildman–Crippen MR) is 85.9 cm³/mol. The monoisotopic (exact) mass is 306 g/mol. The van der Waals surface area contributed by atoms with Crippen molar-refractivity contribution in [2.24, 2.45) is 0 Å². The van der Waals surface area contributed by atoms with Gasteiger partial charge in [-0.05, 0) is 12.5 Å². The van der Waals surface area contributed by atoms with Crippen LogP contribution in [0.5, 0.6) is 0 Å². The summed E-state index contributed by atoms with van der Waals surface area (Å²) >= 11 is 6.04. The first-order chi connectivity index (χ1) is 10.3.